The van der Waals surface area contributed by atoms with Gasteiger partial charge in [0.1, 0.15) is 5.83 Å². The zero-order chi connectivity index (χ0) is 15.0. The normalized spacial score (nSPS) is 26.5. The highest BCUT2D eigenvalue weighted by Gasteiger charge is 2.54. The fourth-order valence-electron chi connectivity index (χ4n) is 1.97. The Hall–Kier alpha value is -1.21. The van der Waals surface area contributed by atoms with Crippen LogP contribution in [0.2, 0.25) is 0 Å². The molecule has 0 saturated heterocycles. The maximum Gasteiger partial charge on any atom is 0.523 e. The topological polar surface area (TPSA) is 9.23 Å². The molecule has 2 unspecified atom stereocenters. The Bertz CT molecular complexity index is 549. The van der Waals surface area contributed by atoms with Gasteiger partial charge in [-0.05, 0) is 29.8 Å². The van der Waals surface area contributed by atoms with Gasteiger partial charge in [0.25, 0.3) is 0 Å². The van der Waals surface area contributed by atoms with Crippen LogP contribution in [0, 0.1) is 0 Å². The predicted molar refractivity (Wildman–Crippen MR) is 66.2 cm³/mol. The molecule has 0 amide bonds. The highest BCUT2D eigenvalue weighted by Crippen LogP contribution is 2.46. The van der Waals surface area contributed by atoms with Gasteiger partial charge in [0.05, 0.1) is 0 Å². The van der Waals surface area contributed by atoms with Crippen molar-refractivity contribution in [1.82, 2.24) is 0 Å². The first kappa shape index (κ1) is 15.2. The molecule has 0 spiro atoms. The quantitative estimate of drug-likeness (QED) is 0.683. The van der Waals surface area contributed by atoms with Crippen molar-refractivity contribution in [2.45, 2.75) is 18.1 Å². The highest BCUT2D eigenvalue weighted by atomic mass is 79.9. The average molecular weight is 355 g/mol. The fourth-order valence-corrected chi connectivity index (χ4v) is 2.23. The van der Waals surface area contributed by atoms with E-state index in [0.717, 1.165) is 18.2 Å². The highest BCUT2D eigenvalue weighted by molar-refractivity contribution is 9.10. The maximum atomic E-state index is 14.1. The van der Waals surface area contributed by atoms with Crippen molar-refractivity contribution in [2.24, 2.45) is 0 Å². The molecular weight excluding hydrogens is 347 g/mol. The van der Waals surface area contributed by atoms with Gasteiger partial charge in [-0.1, -0.05) is 34.1 Å². The van der Waals surface area contributed by atoms with Crippen LogP contribution in [-0.4, -0.2) is 12.5 Å². The van der Waals surface area contributed by atoms with E-state index >= 15 is 0 Å². The summed E-state index contributed by atoms with van der Waals surface area (Å²) in [6.45, 7) is 0. The lowest BCUT2D eigenvalue weighted by molar-refractivity contribution is -0.372. The SMILES string of the molecule is FC1=CC=CC(F)C1(OC(F)(F)F)c1ccc(Br)cc1. The number of ether oxygens (including phenoxy) is 1. The van der Waals surface area contributed by atoms with Crippen LogP contribution in [0.1, 0.15) is 5.56 Å². The van der Waals surface area contributed by atoms with E-state index in [4.69, 9.17) is 0 Å². The number of alkyl halides is 4. The third-order valence-electron chi connectivity index (χ3n) is 2.82. The molecule has 1 aromatic carbocycles. The molecule has 7 heteroatoms. The molecule has 2 rings (SSSR count). The second-order valence-corrected chi connectivity index (χ2v) is 5.01. The lowest BCUT2D eigenvalue weighted by Crippen LogP contribution is -2.44. The molecular formula is C13H8BrF5O. The van der Waals surface area contributed by atoms with E-state index in [1.54, 1.807) is 0 Å². The summed E-state index contributed by atoms with van der Waals surface area (Å²) in [4.78, 5) is 0. The van der Waals surface area contributed by atoms with Gasteiger partial charge < -0.3 is 0 Å². The molecule has 1 aliphatic carbocycles. The van der Waals surface area contributed by atoms with Crippen LogP contribution in [0.15, 0.2) is 52.8 Å². The van der Waals surface area contributed by atoms with Gasteiger partial charge in [-0.3, -0.25) is 4.74 Å². The lowest BCUT2D eigenvalue weighted by Gasteiger charge is -2.36. The van der Waals surface area contributed by atoms with Crippen LogP contribution >= 0.6 is 15.9 Å². The van der Waals surface area contributed by atoms with E-state index in [2.05, 4.69) is 20.7 Å². The van der Waals surface area contributed by atoms with Gasteiger partial charge in [-0.2, -0.15) is 0 Å². The Labute approximate surface area is 119 Å². The molecule has 0 saturated carbocycles. The van der Waals surface area contributed by atoms with Crippen LogP contribution in [-0.2, 0) is 10.3 Å². The summed E-state index contributed by atoms with van der Waals surface area (Å²) in [5.41, 5.74) is -3.10. The van der Waals surface area contributed by atoms with Crippen LogP contribution in [0.5, 0.6) is 0 Å². The number of rotatable bonds is 2. The van der Waals surface area contributed by atoms with Gasteiger partial charge in [-0.15, -0.1) is 13.2 Å². The van der Waals surface area contributed by atoms with Crippen LogP contribution in [0.3, 0.4) is 0 Å². The van der Waals surface area contributed by atoms with Crippen molar-refractivity contribution < 1.29 is 26.7 Å². The lowest BCUT2D eigenvalue weighted by atomic mass is 9.84. The number of allylic oxidation sites excluding steroid dienone is 2. The van der Waals surface area contributed by atoms with Crippen molar-refractivity contribution in [3.8, 4) is 0 Å². The second-order valence-electron chi connectivity index (χ2n) is 4.09. The van der Waals surface area contributed by atoms with Crippen LogP contribution < -0.4 is 0 Å². The molecule has 1 nitrogen and oxygen atoms in total. The Kier molecular flexibility index (Phi) is 4.02. The van der Waals surface area contributed by atoms with E-state index in [1.165, 1.54) is 24.3 Å². The molecule has 108 valence electrons. The summed E-state index contributed by atoms with van der Waals surface area (Å²) >= 11 is 3.10. The minimum absolute atomic E-state index is 0.261. The maximum absolute atomic E-state index is 14.1. The third-order valence-corrected chi connectivity index (χ3v) is 3.34. The zero-order valence-corrected chi connectivity index (χ0v) is 11.4. The van der Waals surface area contributed by atoms with Crippen molar-refractivity contribution in [1.29, 1.82) is 0 Å². The van der Waals surface area contributed by atoms with Crippen LogP contribution in [0.25, 0.3) is 0 Å². The summed E-state index contributed by atoms with van der Waals surface area (Å²) < 4.78 is 70.2. The number of hydrogen-bond acceptors (Lipinski definition) is 1. The van der Waals surface area contributed by atoms with Crippen molar-refractivity contribution in [3.05, 3.63) is 58.4 Å². The number of hydrogen-bond donors (Lipinski definition) is 0. The molecule has 0 radical (unpaired) electrons. The first-order valence-corrected chi connectivity index (χ1v) is 6.26. The van der Waals surface area contributed by atoms with E-state index in [0.29, 0.717) is 4.47 Å². The van der Waals surface area contributed by atoms with Crippen molar-refractivity contribution >= 4 is 15.9 Å². The van der Waals surface area contributed by atoms with Gasteiger partial charge >= 0.3 is 6.36 Å². The summed E-state index contributed by atoms with van der Waals surface area (Å²) in [5.74, 6) is -1.34. The Morgan fingerprint density at radius 2 is 1.75 bits per heavy atom. The molecule has 0 fully saturated rings. The zero-order valence-electron chi connectivity index (χ0n) is 9.79. The van der Waals surface area contributed by atoms with Gasteiger partial charge in [0.15, 0.2) is 11.8 Å². The second kappa shape index (κ2) is 5.29. The van der Waals surface area contributed by atoms with Crippen molar-refractivity contribution in [2.75, 3.05) is 0 Å². The molecule has 20 heavy (non-hydrogen) atoms. The van der Waals surface area contributed by atoms with E-state index < -0.39 is 24.0 Å². The standard InChI is InChI=1S/C13H8BrF5O/c14-9-6-4-8(5-7-9)12(20-13(17,18)19)10(15)2-1-3-11(12)16/h1-7,10H. The number of benzene rings is 1. The van der Waals surface area contributed by atoms with Gasteiger partial charge in [0, 0.05) is 4.47 Å². The molecule has 0 heterocycles. The molecule has 0 aliphatic heterocycles. The average Bonchev–Trinajstić information content (AvgIpc) is 2.34. The first-order chi connectivity index (χ1) is 9.25. The predicted octanol–water partition coefficient (Wildman–Crippen LogP) is 4.94. The van der Waals surface area contributed by atoms with Crippen LogP contribution in [0.4, 0.5) is 22.0 Å². The monoisotopic (exact) mass is 354 g/mol. The smallest absolute Gasteiger partial charge is 0.269 e. The largest absolute Gasteiger partial charge is 0.523 e. The van der Waals surface area contributed by atoms with Gasteiger partial charge in [-0.25, -0.2) is 8.78 Å². The Morgan fingerprint density at radius 3 is 2.25 bits per heavy atom. The Morgan fingerprint density at radius 1 is 1.15 bits per heavy atom. The van der Waals surface area contributed by atoms with Gasteiger partial charge in [0.2, 0.25) is 0 Å². The summed E-state index contributed by atoms with van der Waals surface area (Å²) in [5, 5.41) is 0. The number of halogens is 6. The summed E-state index contributed by atoms with van der Waals surface area (Å²) in [6.07, 6.45) is -4.90. The molecule has 0 N–H and O–H groups in total. The van der Waals surface area contributed by atoms with E-state index in [9.17, 15) is 22.0 Å². The molecule has 1 aromatic rings. The Balaban J connectivity index is 2.58. The minimum Gasteiger partial charge on any atom is -0.269 e. The summed E-state index contributed by atoms with van der Waals surface area (Å²) in [6, 6.07) is 5.12. The van der Waals surface area contributed by atoms with Crippen molar-refractivity contribution in [3.63, 3.8) is 0 Å². The first-order valence-electron chi connectivity index (χ1n) is 5.47. The molecule has 1 aliphatic rings. The third kappa shape index (κ3) is 2.78. The minimum atomic E-state index is -5.19. The van der Waals surface area contributed by atoms with E-state index in [-0.39, 0.29) is 5.56 Å². The summed E-state index contributed by atoms with van der Waals surface area (Å²) in [7, 11) is 0. The van der Waals surface area contributed by atoms with E-state index in [1.807, 2.05) is 0 Å². The fraction of sp³-hybridized carbons (Fsp3) is 0.231. The molecule has 2 atom stereocenters. The molecule has 0 bridgehead atoms. The molecule has 0 aromatic heterocycles.